The van der Waals surface area contributed by atoms with E-state index in [4.69, 9.17) is 4.74 Å². The summed E-state index contributed by atoms with van der Waals surface area (Å²) in [6.45, 7) is 3.15. The van der Waals surface area contributed by atoms with Gasteiger partial charge in [-0.2, -0.15) is 0 Å². The molecule has 2 heterocycles. The number of carbonyl (C=O) groups excluding carboxylic acids is 3. The molecule has 33 heavy (non-hydrogen) atoms. The Morgan fingerprint density at radius 3 is 2.45 bits per heavy atom. The molecule has 2 aromatic carbocycles. The molecule has 0 N–H and O–H groups in total. The molecule has 4 rings (SSSR count). The van der Waals surface area contributed by atoms with Crippen LogP contribution in [-0.4, -0.2) is 70.4 Å². The van der Waals surface area contributed by atoms with E-state index in [1.807, 2.05) is 41.0 Å². The molecule has 172 valence electrons. The lowest BCUT2D eigenvalue weighted by Crippen LogP contribution is -2.45. The number of hydrogen-bond donors (Lipinski definition) is 0. The molecule has 0 unspecified atom stereocenters. The smallest absolute Gasteiger partial charge is 0.309 e. The van der Waals surface area contributed by atoms with Gasteiger partial charge in [0.25, 0.3) is 5.91 Å². The summed E-state index contributed by atoms with van der Waals surface area (Å²) in [4.78, 5) is 45.0. The number of amides is 2. The van der Waals surface area contributed by atoms with Gasteiger partial charge in [0.15, 0.2) is 0 Å². The van der Waals surface area contributed by atoms with Crippen LogP contribution in [0.3, 0.4) is 0 Å². The number of ether oxygens (including phenoxy) is 1. The highest BCUT2D eigenvalue weighted by Crippen LogP contribution is 2.20. The van der Waals surface area contributed by atoms with Crippen molar-refractivity contribution in [2.45, 2.75) is 19.8 Å². The lowest BCUT2D eigenvalue weighted by atomic mass is 9.97. The van der Waals surface area contributed by atoms with Gasteiger partial charge in [-0.3, -0.25) is 19.0 Å². The van der Waals surface area contributed by atoms with Crippen LogP contribution in [0.2, 0.25) is 0 Å². The highest BCUT2D eigenvalue weighted by molar-refractivity contribution is 5.96. The molecule has 1 aliphatic heterocycles. The molecule has 0 saturated carbocycles. The van der Waals surface area contributed by atoms with Crippen LogP contribution < -0.4 is 0 Å². The summed E-state index contributed by atoms with van der Waals surface area (Å²) in [6, 6.07) is 15.1. The summed E-state index contributed by atoms with van der Waals surface area (Å²) in [5.74, 6) is -0.676. The number of likely N-dealkylation sites (tertiary alicyclic amines) is 1. The van der Waals surface area contributed by atoms with Crippen molar-refractivity contribution in [2.24, 2.45) is 5.92 Å². The van der Waals surface area contributed by atoms with Crippen LogP contribution in [0.1, 0.15) is 30.1 Å². The fourth-order valence-corrected chi connectivity index (χ4v) is 4.15. The number of esters is 1. The lowest BCUT2D eigenvalue weighted by molar-refractivity contribution is -0.151. The van der Waals surface area contributed by atoms with Gasteiger partial charge in [0.1, 0.15) is 6.33 Å². The summed E-state index contributed by atoms with van der Waals surface area (Å²) in [5, 5.41) is 0. The molecular formula is C25H28N4O4. The van der Waals surface area contributed by atoms with Crippen LogP contribution in [0.5, 0.6) is 0 Å². The Kier molecular flexibility index (Phi) is 6.72. The van der Waals surface area contributed by atoms with Gasteiger partial charge >= 0.3 is 5.97 Å². The van der Waals surface area contributed by atoms with E-state index in [9.17, 15) is 14.4 Å². The maximum absolute atomic E-state index is 12.9. The first-order valence-electron chi connectivity index (χ1n) is 11.2. The van der Waals surface area contributed by atoms with Gasteiger partial charge in [0.05, 0.1) is 30.1 Å². The standard InChI is InChI=1S/C25H28N4O4/c1-3-33-25(32)19-12-14-28(15-13-19)23(30)16-27(2)24(31)18-8-10-20(11-9-18)29-17-26-21-6-4-5-7-22(21)29/h4-11,17,19H,3,12-16H2,1-2H3. The van der Waals surface area contributed by atoms with E-state index in [1.165, 1.54) is 4.90 Å². The van der Waals surface area contributed by atoms with Gasteiger partial charge in [-0.1, -0.05) is 12.1 Å². The lowest BCUT2D eigenvalue weighted by Gasteiger charge is -2.32. The minimum absolute atomic E-state index is 0.00316. The molecule has 1 aliphatic rings. The van der Waals surface area contributed by atoms with Crippen molar-refractivity contribution in [3.8, 4) is 5.69 Å². The van der Waals surface area contributed by atoms with Crippen molar-refractivity contribution >= 4 is 28.8 Å². The van der Waals surface area contributed by atoms with Crippen LogP contribution >= 0.6 is 0 Å². The molecule has 0 spiro atoms. The first-order valence-corrected chi connectivity index (χ1v) is 11.2. The molecule has 0 aliphatic carbocycles. The fourth-order valence-electron chi connectivity index (χ4n) is 4.15. The molecule has 2 amide bonds. The van der Waals surface area contributed by atoms with E-state index in [2.05, 4.69) is 4.98 Å². The fraction of sp³-hybridized carbons (Fsp3) is 0.360. The van der Waals surface area contributed by atoms with Crippen LogP contribution in [0.15, 0.2) is 54.9 Å². The molecular weight excluding hydrogens is 420 g/mol. The van der Waals surface area contributed by atoms with E-state index in [0.717, 1.165) is 16.7 Å². The highest BCUT2D eigenvalue weighted by Gasteiger charge is 2.29. The number of benzene rings is 2. The van der Waals surface area contributed by atoms with E-state index >= 15 is 0 Å². The number of para-hydroxylation sites is 2. The van der Waals surface area contributed by atoms with Crippen molar-refractivity contribution in [2.75, 3.05) is 33.3 Å². The average Bonchev–Trinajstić information content (AvgIpc) is 3.28. The van der Waals surface area contributed by atoms with Crippen molar-refractivity contribution in [3.05, 3.63) is 60.4 Å². The second kappa shape index (κ2) is 9.85. The Labute approximate surface area is 192 Å². The topological polar surface area (TPSA) is 84.7 Å². The predicted octanol–water partition coefficient (Wildman–Crippen LogP) is 2.90. The molecule has 8 heteroatoms. The zero-order chi connectivity index (χ0) is 23.4. The van der Waals surface area contributed by atoms with Crippen LogP contribution in [0.4, 0.5) is 0 Å². The van der Waals surface area contributed by atoms with Crippen molar-refractivity contribution < 1.29 is 19.1 Å². The summed E-state index contributed by atoms with van der Waals surface area (Å²) < 4.78 is 7.04. The SMILES string of the molecule is CCOC(=O)C1CCN(C(=O)CN(C)C(=O)c2ccc(-n3cnc4ccccc43)cc2)CC1. The number of imidazole rings is 1. The molecule has 1 fully saturated rings. The minimum Gasteiger partial charge on any atom is -0.466 e. The van der Waals surface area contributed by atoms with Crippen molar-refractivity contribution in [1.82, 2.24) is 19.4 Å². The highest BCUT2D eigenvalue weighted by atomic mass is 16.5. The Morgan fingerprint density at radius 2 is 1.76 bits per heavy atom. The number of fused-ring (bicyclic) bond motifs is 1. The van der Waals surface area contributed by atoms with Crippen LogP contribution in [-0.2, 0) is 14.3 Å². The Hall–Kier alpha value is -3.68. The molecule has 0 bridgehead atoms. The van der Waals surface area contributed by atoms with Crippen LogP contribution in [0, 0.1) is 5.92 Å². The third kappa shape index (κ3) is 4.89. The molecule has 8 nitrogen and oxygen atoms in total. The van der Waals surface area contributed by atoms with E-state index in [1.54, 1.807) is 37.3 Å². The maximum Gasteiger partial charge on any atom is 0.309 e. The monoisotopic (exact) mass is 448 g/mol. The molecule has 1 aromatic heterocycles. The normalized spacial score (nSPS) is 14.3. The molecule has 1 saturated heterocycles. The summed E-state index contributed by atoms with van der Waals surface area (Å²) in [7, 11) is 1.63. The van der Waals surface area contributed by atoms with Gasteiger partial charge in [0.2, 0.25) is 5.91 Å². The van der Waals surface area contributed by atoms with Crippen LogP contribution in [0.25, 0.3) is 16.7 Å². The number of aromatic nitrogens is 2. The molecule has 0 atom stereocenters. The quantitative estimate of drug-likeness (QED) is 0.542. The van der Waals surface area contributed by atoms with Gasteiger partial charge < -0.3 is 14.5 Å². The summed E-state index contributed by atoms with van der Waals surface area (Å²) in [6.07, 6.45) is 2.94. The number of likely N-dealkylation sites (N-methyl/N-ethyl adjacent to an activating group) is 1. The number of rotatable bonds is 6. The van der Waals surface area contributed by atoms with E-state index in [0.29, 0.717) is 38.1 Å². The molecule has 3 aromatic rings. The number of carbonyl (C=O) groups is 3. The Balaban J connectivity index is 1.34. The third-order valence-corrected chi connectivity index (χ3v) is 6.03. The Bertz CT molecular complexity index is 1150. The Morgan fingerprint density at radius 1 is 1.06 bits per heavy atom. The van der Waals surface area contributed by atoms with Crippen molar-refractivity contribution in [3.63, 3.8) is 0 Å². The van der Waals surface area contributed by atoms with E-state index < -0.39 is 0 Å². The van der Waals surface area contributed by atoms with Gasteiger partial charge in [-0.05, 0) is 56.2 Å². The summed E-state index contributed by atoms with van der Waals surface area (Å²) >= 11 is 0. The number of nitrogens with zero attached hydrogens (tertiary/aromatic N) is 4. The largest absolute Gasteiger partial charge is 0.466 e. The van der Waals surface area contributed by atoms with Gasteiger partial charge in [0, 0.05) is 31.4 Å². The van der Waals surface area contributed by atoms with Gasteiger partial charge in [-0.15, -0.1) is 0 Å². The number of hydrogen-bond acceptors (Lipinski definition) is 5. The third-order valence-electron chi connectivity index (χ3n) is 6.03. The predicted molar refractivity (Wildman–Crippen MR) is 124 cm³/mol. The van der Waals surface area contributed by atoms with E-state index in [-0.39, 0.29) is 30.2 Å². The van der Waals surface area contributed by atoms with Gasteiger partial charge in [-0.25, -0.2) is 4.98 Å². The zero-order valence-electron chi connectivity index (χ0n) is 18.9. The zero-order valence-corrected chi connectivity index (χ0v) is 18.9. The average molecular weight is 449 g/mol. The number of piperidine rings is 1. The second-order valence-corrected chi connectivity index (χ2v) is 8.22. The maximum atomic E-state index is 12.9. The first-order chi connectivity index (χ1) is 16.0. The first kappa shape index (κ1) is 22.5. The molecule has 0 radical (unpaired) electrons. The summed E-state index contributed by atoms with van der Waals surface area (Å²) in [5.41, 5.74) is 3.32. The minimum atomic E-state index is -0.216. The van der Waals surface area contributed by atoms with Crippen molar-refractivity contribution in [1.29, 1.82) is 0 Å². The second-order valence-electron chi connectivity index (χ2n) is 8.22.